The van der Waals surface area contributed by atoms with E-state index >= 15 is 0 Å². The van der Waals surface area contributed by atoms with Gasteiger partial charge in [-0.25, -0.2) is 0 Å². The van der Waals surface area contributed by atoms with E-state index in [4.69, 9.17) is 4.42 Å². The molecule has 1 aliphatic rings. The summed E-state index contributed by atoms with van der Waals surface area (Å²) in [5.41, 5.74) is 20.0. The molecule has 2 nitrogen and oxygen atoms in total. The molecule has 0 N–H and O–H groups in total. The van der Waals surface area contributed by atoms with Crippen LogP contribution in [0.3, 0.4) is 0 Å². The Morgan fingerprint density at radius 2 is 0.949 bits per heavy atom. The van der Waals surface area contributed by atoms with E-state index in [9.17, 15) is 0 Å². The second-order valence-corrected chi connectivity index (χ2v) is 16.5. The third-order valence-corrected chi connectivity index (χ3v) is 12.8. The summed E-state index contributed by atoms with van der Waals surface area (Å²) in [5, 5.41) is 4.74. The van der Waals surface area contributed by atoms with Gasteiger partial charge in [-0.05, 0) is 128 Å². The second-order valence-electron chi connectivity index (χ2n) is 16.5. The van der Waals surface area contributed by atoms with E-state index < -0.39 is 0 Å². The summed E-state index contributed by atoms with van der Waals surface area (Å²) in [7, 11) is 0. The van der Waals surface area contributed by atoms with Crippen LogP contribution in [0, 0.1) is 0 Å². The predicted octanol–water partition coefficient (Wildman–Crippen LogP) is 15.7. The van der Waals surface area contributed by atoms with Crippen LogP contribution in [0.4, 0.5) is 0 Å². The van der Waals surface area contributed by atoms with Gasteiger partial charge in [-0.3, -0.25) is 0 Å². The zero-order chi connectivity index (χ0) is 39.2. The number of rotatable bonds is 5. The van der Waals surface area contributed by atoms with Crippen molar-refractivity contribution in [3.8, 4) is 61.3 Å². The molecule has 1 aliphatic carbocycles. The molecule has 0 bridgehead atoms. The normalized spacial score (nSPS) is 13.1. The Morgan fingerprint density at radius 3 is 1.76 bits per heavy atom. The van der Waals surface area contributed by atoms with Gasteiger partial charge in [0.15, 0.2) is 0 Å². The minimum atomic E-state index is -0.101. The van der Waals surface area contributed by atoms with Crippen LogP contribution in [0.1, 0.15) is 25.0 Å². The van der Waals surface area contributed by atoms with Crippen molar-refractivity contribution in [2.24, 2.45) is 0 Å². The molecule has 11 aromatic rings. The van der Waals surface area contributed by atoms with Crippen molar-refractivity contribution in [2.75, 3.05) is 0 Å². The molecular formula is C57H39NO. The third kappa shape index (κ3) is 5.20. The van der Waals surface area contributed by atoms with Gasteiger partial charge in [0.1, 0.15) is 11.2 Å². The van der Waals surface area contributed by atoms with E-state index in [1.807, 2.05) is 6.07 Å². The molecule has 2 heterocycles. The lowest BCUT2D eigenvalue weighted by Gasteiger charge is -2.22. The van der Waals surface area contributed by atoms with Gasteiger partial charge in [0.2, 0.25) is 0 Å². The van der Waals surface area contributed by atoms with Crippen LogP contribution in [0.15, 0.2) is 205 Å². The number of hydrogen-bond donors (Lipinski definition) is 0. The molecule has 0 saturated heterocycles. The molecule has 278 valence electrons. The average molecular weight is 754 g/mol. The Balaban J connectivity index is 1.12. The smallest absolute Gasteiger partial charge is 0.143 e. The number of hydrogen-bond acceptors (Lipinski definition) is 1. The number of fused-ring (bicyclic) bond motifs is 9. The maximum absolute atomic E-state index is 6.61. The van der Waals surface area contributed by atoms with Crippen LogP contribution in [0.2, 0.25) is 0 Å². The molecule has 12 rings (SSSR count). The van der Waals surface area contributed by atoms with Crippen molar-refractivity contribution in [1.29, 1.82) is 0 Å². The summed E-state index contributed by atoms with van der Waals surface area (Å²) < 4.78 is 9.02. The maximum Gasteiger partial charge on any atom is 0.143 e. The first kappa shape index (κ1) is 33.7. The zero-order valence-electron chi connectivity index (χ0n) is 32.9. The van der Waals surface area contributed by atoms with Gasteiger partial charge in [-0.1, -0.05) is 147 Å². The van der Waals surface area contributed by atoms with E-state index in [0.717, 1.165) is 49.9 Å². The van der Waals surface area contributed by atoms with Crippen LogP contribution in [0.25, 0.3) is 105 Å². The molecule has 0 aliphatic heterocycles. The highest BCUT2D eigenvalue weighted by molar-refractivity contribution is 6.12. The van der Waals surface area contributed by atoms with Crippen molar-refractivity contribution < 1.29 is 4.42 Å². The topological polar surface area (TPSA) is 18.1 Å². The SMILES string of the molecule is CC1(C)c2ccccc2-c2ccc(-c3cc(-c4cc(-c5ccccc5)c5oc6ccccc6c5c4)cc(-c4ccc5c6ccccc6n(-c6ccccc6)c5c4)c3)cc21. The standard InChI is InChI=1S/C57H39NO/c1-57(2)51-22-12-9-19-44(51)45-27-25-37(34-52(45)57)39-29-40(38-26-28-47-46-20-10-13-23-53(46)58(54(47)35-38)43-17-7-4-8-18-43)31-41(30-39)42-32-49(36-15-5-3-6-16-36)56-50(33-42)48-21-11-14-24-55(48)59-56/h3-35H,1-2H3. The first-order valence-corrected chi connectivity index (χ1v) is 20.5. The quantitative estimate of drug-likeness (QED) is 0.171. The predicted molar refractivity (Wildman–Crippen MR) is 247 cm³/mol. The van der Waals surface area contributed by atoms with E-state index in [2.05, 4.69) is 213 Å². The van der Waals surface area contributed by atoms with E-state index in [-0.39, 0.29) is 5.41 Å². The number of benzene rings is 9. The Labute approximate surface area is 343 Å². The fourth-order valence-electron chi connectivity index (χ4n) is 9.84. The van der Waals surface area contributed by atoms with E-state index in [1.54, 1.807) is 0 Å². The van der Waals surface area contributed by atoms with Gasteiger partial charge in [0, 0.05) is 38.2 Å². The van der Waals surface area contributed by atoms with Crippen molar-refractivity contribution in [3.63, 3.8) is 0 Å². The van der Waals surface area contributed by atoms with E-state index in [1.165, 1.54) is 66.3 Å². The molecule has 59 heavy (non-hydrogen) atoms. The maximum atomic E-state index is 6.61. The van der Waals surface area contributed by atoms with Gasteiger partial charge in [-0.2, -0.15) is 0 Å². The highest BCUT2D eigenvalue weighted by Crippen LogP contribution is 2.50. The van der Waals surface area contributed by atoms with Crippen molar-refractivity contribution in [2.45, 2.75) is 19.3 Å². The fraction of sp³-hybridized carbons (Fsp3) is 0.0526. The minimum absolute atomic E-state index is 0.101. The van der Waals surface area contributed by atoms with Crippen LogP contribution in [-0.4, -0.2) is 4.57 Å². The molecule has 0 amide bonds. The molecule has 9 aromatic carbocycles. The van der Waals surface area contributed by atoms with Crippen molar-refractivity contribution in [1.82, 2.24) is 4.57 Å². The number of nitrogens with zero attached hydrogens (tertiary/aromatic N) is 1. The summed E-state index contributed by atoms with van der Waals surface area (Å²) in [6.45, 7) is 4.72. The monoisotopic (exact) mass is 753 g/mol. The lowest BCUT2D eigenvalue weighted by Crippen LogP contribution is -2.14. The minimum Gasteiger partial charge on any atom is -0.455 e. The molecule has 0 saturated carbocycles. The van der Waals surface area contributed by atoms with Crippen molar-refractivity contribution in [3.05, 3.63) is 211 Å². The zero-order valence-corrected chi connectivity index (χ0v) is 32.9. The number of para-hydroxylation sites is 3. The molecular weight excluding hydrogens is 715 g/mol. The van der Waals surface area contributed by atoms with Crippen LogP contribution < -0.4 is 0 Å². The molecule has 0 fully saturated rings. The highest BCUT2D eigenvalue weighted by atomic mass is 16.3. The lowest BCUT2D eigenvalue weighted by atomic mass is 9.81. The van der Waals surface area contributed by atoms with Crippen LogP contribution >= 0.6 is 0 Å². The van der Waals surface area contributed by atoms with Gasteiger partial charge in [-0.15, -0.1) is 0 Å². The summed E-state index contributed by atoms with van der Waals surface area (Å²) >= 11 is 0. The second kappa shape index (κ2) is 12.8. The van der Waals surface area contributed by atoms with Gasteiger partial charge >= 0.3 is 0 Å². The summed E-state index contributed by atoms with van der Waals surface area (Å²) in [6, 6.07) is 73.3. The molecule has 0 unspecified atom stereocenters. The van der Waals surface area contributed by atoms with Crippen LogP contribution in [0.5, 0.6) is 0 Å². The Bertz CT molecular complexity index is 3460. The van der Waals surface area contributed by atoms with E-state index in [0.29, 0.717) is 0 Å². The molecule has 2 aromatic heterocycles. The first-order chi connectivity index (χ1) is 29.0. The molecule has 0 spiro atoms. The Kier molecular flexibility index (Phi) is 7.31. The molecule has 2 heteroatoms. The lowest BCUT2D eigenvalue weighted by molar-refractivity contribution is 0.660. The van der Waals surface area contributed by atoms with Gasteiger partial charge in [0.05, 0.1) is 11.0 Å². The summed E-state index contributed by atoms with van der Waals surface area (Å²) in [6.07, 6.45) is 0. The van der Waals surface area contributed by atoms with Gasteiger partial charge in [0.25, 0.3) is 0 Å². The third-order valence-electron chi connectivity index (χ3n) is 12.8. The largest absolute Gasteiger partial charge is 0.455 e. The number of aromatic nitrogens is 1. The summed E-state index contributed by atoms with van der Waals surface area (Å²) in [5.74, 6) is 0. The van der Waals surface area contributed by atoms with Crippen LogP contribution in [-0.2, 0) is 5.41 Å². The first-order valence-electron chi connectivity index (χ1n) is 20.5. The fourth-order valence-corrected chi connectivity index (χ4v) is 9.84. The highest BCUT2D eigenvalue weighted by Gasteiger charge is 2.35. The molecule has 0 radical (unpaired) electrons. The number of furan rings is 1. The molecule has 0 atom stereocenters. The van der Waals surface area contributed by atoms with Gasteiger partial charge < -0.3 is 8.98 Å². The van der Waals surface area contributed by atoms with Crippen molar-refractivity contribution >= 4 is 43.7 Å². The average Bonchev–Trinajstić information content (AvgIpc) is 3.91. The Morgan fingerprint density at radius 1 is 0.356 bits per heavy atom. The summed E-state index contributed by atoms with van der Waals surface area (Å²) in [4.78, 5) is 0. The Hall–Kier alpha value is -7.42.